The van der Waals surface area contributed by atoms with Crippen LogP contribution in [0.25, 0.3) is 0 Å². The van der Waals surface area contributed by atoms with Crippen molar-refractivity contribution in [1.29, 1.82) is 0 Å². The molecule has 1 atom stereocenters. The Hall–Kier alpha value is -0.120. The zero-order chi connectivity index (χ0) is 7.52. The van der Waals surface area contributed by atoms with E-state index in [9.17, 15) is 0 Å². The van der Waals surface area contributed by atoms with Gasteiger partial charge >= 0.3 is 0 Å². The lowest BCUT2D eigenvalue weighted by atomic mass is 10.3. The summed E-state index contributed by atoms with van der Waals surface area (Å²) in [5.74, 6) is 0. The summed E-state index contributed by atoms with van der Waals surface area (Å²) in [5.41, 5.74) is 0. The maximum absolute atomic E-state index is 5.43. The number of nitrogens with zero attached hydrogens (tertiary/aromatic N) is 1. The Balaban J connectivity index is 1.59. The summed E-state index contributed by atoms with van der Waals surface area (Å²) in [5, 5.41) is 2.07. The number of rotatable bonds is 3. The minimum absolute atomic E-state index is 0.542. The van der Waals surface area contributed by atoms with E-state index in [1.165, 1.54) is 12.8 Å². The quantitative estimate of drug-likeness (QED) is 0.566. The molecule has 0 aromatic heterocycles. The molecule has 2 aliphatic heterocycles. The molecule has 2 heterocycles. The van der Waals surface area contributed by atoms with Gasteiger partial charge in [0.25, 0.3) is 0 Å². The molecule has 11 heavy (non-hydrogen) atoms. The minimum Gasteiger partial charge on any atom is -0.373 e. The number of hydrogen-bond donors (Lipinski definition) is 0. The first-order valence-electron chi connectivity index (χ1n) is 4.44. The summed E-state index contributed by atoms with van der Waals surface area (Å²) in [4.78, 5) is 5.43. The highest BCUT2D eigenvalue weighted by Crippen LogP contribution is 2.15. The van der Waals surface area contributed by atoms with Gasteiger partial charge in [-0.25, -0.2) is 0 Å². The highest BCUT2D eigenvalue weighted by atomic mass is 16.7. The molecule has 0 amide bonds. The number of hydrogen-bond acceptors (Lipinski definition) is 3. The molecule has 2 rings (SSSR count). The fraction of sp³-hybridized carbons (Fsp3) is 1.00. The predicted octanol–water partition coefficient (Wildman–Crippen LogP) is 0.803. The van der Waals surface area contributed by atoms with E-state index in [0.717, 1.165) is 32.7 Å². The molecule has 2 saturated heterocycles. The Morgan fingerprint density at radius 2 is 2.27 bits per heavy atom. The zero-order valence-electron chi connectivity index (χ0n) is 6.79. The normalized spacial score (nSPS) is 32.2. The molecule has 0 aliphatic carbocycles. The van der Waals surface area contributed by atoms with Gasteiger partial charge in [0.2, 0.25) is 0 Å². The lowest BCUT2D eigenvalue weighted by molar-refractivity contribution is -0.181. The Morgan fingerprint density at radius 1 is 1.36 bits per heavy atom. The summed E-state index contributed by atoms with van der Waals surface area (Å²) in [6.07, 6.45) is 4.18. The van der Waals surface area contributed by atoms with E-state index in [0.29, 0.717) is 6.10 Å². The van der Waals surface area contributed by atoms with Gasteiger partial charge in [-0.15, -0.1) is 0 Å². The van der Waals surface area contributed by atoms with Crippen molar-refractivity contribution in [3.8, 4) is 0 Å². The zero-order valence-corrected chi connectivity index (χ0v) is 6.79. The first kappa shape index (κ1) is 7.53. The van der Waals surface area contributed by atoms with Crippen LogP contribution in [0.3, 0.4) is 0 Å². The van der Waals surface area contributed by atoms with Crippen LogP contribution in [0.2, 0.25) is 0 Å². The van der Waals surface area contributed by atoms with Gasteiger partial charge in [0.15, 0.2) is 0 Å². The number of hydroxylamine groups is 2. The van der Waals surface area contributed by atoms with Crippen molar-refractivity contribution in [3.63, 3.8) is 0 Å². The van der Waals surface area contributed by atoms with Gasteiger partial charge in [-0.3, -0.25) is 4.84 Å². The van der Waals surface area contributed by atoms with Crippen molar-refractivity contribution in [3.05, 3.63) is 0 Å². The lowest BCUT2D eigenvalue weighted by Gasteiger charge is -2.25. The minimum atomic E-state index is 0.542. The highest BCUT2D eigenvalue weighted by Gasteiger charge is 2.23. The van der Waals surface area contributed by atoms with Crippen LogP contribution in [0.4, 0.5) is 0 Å². The SMILES string of the molecule is C1CCN(CCC2CO2)OC1. The molecule has 0 saturated carbocycles. The second kappa shape index (κ2) is 3.52. The van der Waals surface area contributed by atoms with Gasteiger partial charge in [-0.2, -0.15) is 5.06 Å². The monoisotopic (exact) mass is 157 g/mol. The third-order valence-electron chi connectivity index (χ3n) is 2.18. The molecule has 0 spiro atoms. The van der Waals surface area contributed by atoms with Crippen LogP contribution in [0.15, 0.2) is 0 Å². The number of ether oxygens (including phenoxy) is 1. The molecule has 0 aromatic rings. The van der Waals surface area contributed by atoms with Crippen LogP contribution in [0.5, 0.6) is 0 Å². The van der Waals surface area contributed by atoms with E-state index < -0.39 is 0 Å². The molecular weight excluding hydrogens is 142 g/mol. The van der Waals surface area contributed by atoms with Crippen LogP contribution in [0.1, 0.15) is 19.3 Å². The highest BCUT2D eigenvalue weighted by molar-refractivity contribution is 4.70. The van der Waals surface area contributed by atoms with Gasteiger partial charge in [0, 0.05) is 13.1 Å². The molecule has 3 nitrogen and oxygen atoms in total. The molecular formula is C8H15NO2. The molecule has 0 aromatic carbocycles. The second-order valence-electron chi connectivity index (χ2n) is 3.21. The molecule has 3 heteroatoms. The van der Waals surface area contributed by atoms with Crippen LogP contribution in [-0.2, 0) is 9.57 Å². The van der Waals surface area contributed by atoms with E-state index in [1.807, 2.05) is 0 Å². The summed E-state index contributed by atoms with van der Waals surface area (Å²) >= 11 is 0. The van der Waals surface area contributed by atoms with Crippen molar-refractivity contribution >= 4 is 0 Å². The van der Waals surface area contributed by atoms with Crippen molar-refractivity contribution in [2.24, 2.45) is 0 Å². The fourth-order valence-electron chi connectivity index (χ4n) is 1.35. The smallest absolute Gasteiger partial charge is 0.0823 e. The van der Waals surface area contributed by atoms with Gasteiger partial charge in [-0.05, 0) is 19.3 Å². The summed E-state index contributed by atoms with van der Waals surface area (Å²) in [7, 11) is 0. The Bertz CT molecular complexity index is 119. The lowest BCUT2D eigenvalue weighted by Crippen LogP contribution is -2.31. The van der Waals surface area contributed by atoms with Gasteiger partial charge in [0.1, 0.15) is 0 Å². The largest absolute Gasteiger partial charge is 0.373 e. The van der Waals surface area contributed by atoms with Crippen LogP contribution in [-0.4, -0.2) is 37.5 Å². The van der Waals surface area contributed by atoms with E-state index in [2.05, 4.69) is 5.06 Å². The summed E-state index contributed by atoms with van der Waals surface area (Å²) in [6, 6.07) is 0. The van der Waals surface area contributed by atoms with Gasteiger partial charge in [-0.1, -0.05) is 0 Å². The maximum atomic E-state index is 5.43. The Labute approximate surface area is 67.2 Å². The summed E-state index contributed by atoms with van der Waals surface area (Å²) < 4.78 is 5.12. The fourth-order valence-corrected chi connectivity index (χ4v) is 1.35. The first-order chi connectivity index (χ1) is 5.45. The molecule has 0 radical (unpaired) electrons. The van der Waals surface area contributed by atoms with Crippen LogP contribution >= 0.6 is 0 Å². The molecule has 2 aliphatic rings. The molecule has 0 bridgehead atoms. The van der Waals surface area contributed by atoms with E-state index in [-0.39, 0.29) is 0 Å². The summed E-state index contributed by atoms with van der Waals surface area (Å²) in [6.45, 7) is 4.02. The van der Waals surface area contributed by atoms with E-state index in [4.69, 9.17) is 9.57 Å². The molecule has 2 fully saturated rings. The van der Waals surface area contributed by atoms with Crippen LogP contribution < -0.4 is 0 Å². The molecule has 0 N–H and O–H groups in total. The van der Waals surface area contributed by atoms with Gasteiger partial charge in [0.05, 0.1) is 19.3 Å². The van der Waals surface area contributed by atoms with Gasteiger partial charge < -0.3 is 4.74 Å². The average Bonchev–Trinajstić information content (AvgIpc) is 2.86. The molecule has 64 valence electrons. The molecule has 1 unspecified atom stereocenters. The predicted molar refractivity (Wildman–Crippen MR) is 41.1 cm³/mol. The van der Waals surface area contributed by atoms with E-state index in [1.54, 1.807) is 0 Å². The Kier molecular flexibility index (Phi) is 2.41. The Morgan fingerprint density at radius 3 is 2.91 bits per heavy atom. The van der Waals surface area contributed by atoms with Crippen molar-refractivity contribution in [1.82, 2.24) is 5.06 Å². The average molecular weight is 157 g/mol. The second-order valence-corrected chi connectivity index (χ2v) is 3.21. The third kappa shape index (κ3) is 2.43. The standard InChI is InChI=1S/C8H15NO2/c1-2-6-11-9(4-1)5-3-8-7-10-8/h8H,1-7H2. The van der Waals surface area contributed by atoms with Crippen molar-refractivity contribution < 1.29 is 9.57 Å². The topological polar surface area (TPSA) is 25.0 Å². The van der Waals surface area contributed by atoms with Crippen molar-refractivity contribution in [2.75, 3.05) is 26.3 Å². The maximum Gasteiger partial charge on any atom is 0.0823 e. The number of epoxide rings is 1. The third-order valence-corrected chi connectivity index (χ3v) is 2.18. The van der Waals surface area contributed by atoms with Crippen molar-refractivity contribution in [2.45, 2.75) is 25.4 Å². The van der Waals surface area contributed by atoms with Crippen LogP contribution in [0, 0.1) is 0 Å². The first-order valence-corrected chi connectivity index (χ1v) is 4.44. The van der Waals surface area contributed by atoms with E-state index >= 15 is 0 Å².